The molecule has 4 nitrogen and oxygen atoms in total. The summed E-state index contributed by atoms with van der Waals surface area (Å²) in [7, 11) is 0. The highest BCUT2D eigenvalue weighted by Crippen LogP contribution is 2.28. The minimum absolute atomic E-state index is 0.0327. The van der Waals surface area contributed by atoms with Gasteiger partial charge in [0.1, 0.15) is 5.69 Å². The van der Waals surface area contributed by atoms with Crippen LogP contribution in [0, 0.1) is 0 Å². The fourth-order valence-corrected chi connectivity index (χ4v) is 2.03. The van der Waals surface area contributed by atoms with E-state index in [0.29, 0.717) is 0 Å². The average molecular weight is 260 g/mol. The zero-order valence-corrected chi connectivity index (χ0v) is 9.74. The van der Waals surface area contributed by atoms with E-state index in [1.165, 1.54) is 0 Å². The molecule has 1 aliphatic rings. The van der Waals surface area contributed by atoms with Crippen molar-refractivity contribution in [3.05, 3.63) is 18.0 Å². The van der Waals surface area contributed by atoms with Crippen molar-refractivity contribution in [3.8, 4) is 0 Å². The molecule has 0 bridgehead atoms. The first-order chi connectivity index (χ1) is 8.45. The first kappa shape index (κ1) is 13.1. The Morgan fingerprint density at radius 2 is 1.89 bits per heavy atom. The summed E-state index contributed by atoms with van der Waals surface area (Å²) in [5, 5.41) is 2.94. The predicted octanol–water partition coefficient (Wildman–Crippen LogP) is 2.18. The van der Waals surface area contributed by atoms with E-state index in [2.05, 4.69) is 15.3 Å². The Bertz CT molecular complexity index is 400. The number of hydrogen-bond donors (Lipinski definition) is 2. The van der Waals surface area contributed by atoms with Gasteiger partial charge < -0.3 is 11.1 Å². The molecule has 1 aliphatic carbocycles. The third-order valence-electron chi connectivity index (χ3n) is 3.05. The second-order valence-corrected chi connectivity index (χ2v) is 4.52. The number of aromatic nitrogens is 2. The number of rotatable bonds is 2. The van der Waals surface area contributed by atoms with Gasteiger partial charge in [-0.2, -0.15) is 13.2 Å². The molecule has 0 amide bonds. The van der Waals surface area contributed by atoms with E-state index in [1.807, 2.05) is 0 Å². The van der Waals surface area contributed by atoms with Crippen molar-refractivity contribution in [3.63, 3.8) is 0 Å². The number of alkyl halides is 3. The summed E-state index contributed by atoms with van der Waals surface area (Å²) in [6, 6.07) is 1.17. The molecule has 0 aliphatic heterocycles. The lowest BCUT2D eigenvalue weighted by Crippen LogP contribution is -2.33. The average Bonchev–Trinajstić information content (AvgIpc) is 2.31. The third-order valence-corrected chi connectivity index (χ3v) is 3.05. The molecule has 0 unspecified atom stereocenters. The Labute approximate surface area is 103 Å². The van der Waals surface area contributed by atoms with Crippen molar-refractivity contribution in [2.24, 2.45) is 5.73 Å². The molecular weight excluding hydrogens is 245 g/mol. The third kappa shape index (κ3) is 3.32. The van der Waals surface area contributed by atoms with Gasteiger partial charge in [-0.25, -0.2) is 9.97 Å². The van der Waals surface area contributed by atoms with Gasteiger partial charge in [0.15, 0.2) is 0 Å². The first-order valence-corrected chi connectivity index (χ1v) is 5.87. The van der Waals surface area contributed by atoms with Crippen LogP contribution in [-0.4, -0.2) is 22.1 Å². The lowest BCUT2D eigenvalue weighted by Gasteiger charge is -2.26. The predicted molar refractivity (Wildman–Crippen MR) is 60.9 cm³/mol. The van der Waals surface area contributed by atoms with E-state index >= 15 is 0 Å². The van der Waals surface area contributed by atoms with Crippen LogP contribution in [0.5, 0.6) is 0 Å². The molecule has 0 radical (unpaired) electrons. The van der Waals surface area contributed by atoms with E-state index < -0.39 is 11.9 Å². The van der Waals surface area contributed by atoms with Crippen molar-refractivity contribution in [2.75, 3.05) is 5.32 Å². The number of nitrogens with two attached hydrogens (primary N) is 1. The maximum atomic E-state index is 12.5. The topological polar surface area (TPSA) is 63.8 Å². The summed E-state index contributed by atoms with van der Waals surface area (Å²) < 4.78 is 37.4. The molecule has 1 aromatic heterocycles. The van der Waals surface area contributed by atoms with Crippen LogP contribution in [0.25, 0.3) is 0 Å². The Kier molecular flexibility index (Phi) is 3.70. The number of halogens is 3. The maximum absolute atomic E-state index is 12.5. The van der Waals surface area contributed by atoms with Crippen molar-refractivity contribution < 1.29 is 13.2 Å². The molecule has 3 N–H and O–H groups in total. The molecule has 1 saturated carbocycles. The van der Waals surface area contributed by atoms with Crippen LogP contribution in [-0.2, 0) is 6.18 Å². The zero-order chi connectivity index (χ0) is 13.2. The molecule has 0 atom stereocenters. The minimum Gasteiger partial charge on any atom is -0.351 e. The largest absolute Gasteiger partial charge is 0.433 e. The smallest absolute Gasteiger partial charge is 0.351 e. The van der Waals surface area contributed by atoms with E-state index in [9.17, 15) is 13.2 Å². The van der Waals surface area contributed by atoms with Crippen LogP contribution < -0.4 is 11.1 Å². The van der Waals surface area contributed by atoms with Crippen molar-refractivity contribution in [1.29, 1.82) is 0 Å². The molecule has 7 heteroatoms. The quantitative estimate of drug-likeness (QED) is 0.855. The molecule has 18 heavy (non-hydrogen) atoms. The summed E-state index contributed by atoms with van der Waals surface area (Å²) in [5.41, 5.74) is 4.84. The monoisotopic (exact) mass is 260 g/mol. The summed E-state index contributed by atoms with van der Waals surface area (Å²) in [4.78, 5) is 7.29. The normalized spacial score (nSPS) is 24.9. The lowest BCUT2D eigenvalue weighted by molar-refractivity contribution is -0.141. The second-order valence-electron chi connectivity index (χ2n) is 4.52. The lowest BCUT2D eigenvalue weighted by atomic mass is 9.92. The van der Waals surface area contributed by atoms with Crippen molar-refractivity contribution in [2.45, 2.75) is 43.9 Å². The van der Waals surface area contributed by atoms with E-state index in [4.69, 9.17) is 5.73 Å². The van der Waals surface area contributed by atoms with Crippen molar-refractivity contribution >= 4 is 5.95 Å². The molecule has 1 fully saturated rings. The van der Waals surface area contributed by atoms with Crippen LogP contribution in [0.1, 0.15) is 31.4 Å². The van der Waals surface area contributed by atoms with Crippen LogP contribution in [0.4, 0.5) is 19.1 Å². The van der Waals surface area contributed by atoms with Gasteiger partial charge in [-0.05, 0) is 31.7 Å². The van der Waals surface area contributed by atoms with Gasteiger partial charge in [-0.15, -0.1) is 0 Å². The van der Waals surface area contributed by atoms with E-state index in [1.54, 1.807) is 0 Å². The fourth-order valence-electron chi connectivity index (χ4n) is 2.03. The van der Waals surface area contributed by atoms with Gasteiger partial charge in [0, 0.05) is 18.3 Å². The zero-order valence-electron chi connectivity index (χ0n) is 9.74. The van der Waals surface area contributed by atoms with Crippen LogP contribution in [0.3, 0.4) is 0 Å². The molecule has 0 spiro atoms. The van der Waals surface area contributed by atoms with Crippen molar-refractivity contribution in [1.82, 2.24) is 9.97 Å². The van der Waals surface area contributed by atoms with Gasteiger partial charge in [0.05, 0.1) is 0 Å². The highest BCUT2D eigenvalue weighted by Gasteiger charge is 2.33. The maximum Gasteiger partial charge on any atom is 0.433 e. The second kappa shape index (κ2) is 5.09. The SMILES string of the molecule is NC1CCC(Nc2nccc(C(F)(F)F)n2)CC1. The van der Waals surface area contributed by atoms with Crippen LogP contribution >= 0.6 is 0 Å². The summed E-state index contributed by atoms with van der Waals surface area (Å²) >= 11 is 0. The number of anilines is 1. The molecule has 1 aromatic rings. The molecule has 1 heterocycles. The van der Waals surface area contributed by atoms with Gasteiger partial charge >= 0.3 is 6.18 Å². The van der Waals surface area contributed by atoms with Gasteiger partial charge in [-0.3, -0.25) is 0 Å². The Balaban J connectivity index is 2.01. The number of hydrogen-bond acceptors (Lipinski definition) is 4. The highest BCUT2D eigenvalue weighted by atomic mass is 19.4. The van der Waals surface area contributed by atoms with Gasteiger partial charge in [0.2, 0.25) is 5.95 Å². The first-order valence-electron chi connectivity index (χ1n) is 5.87. The fraction of sp³-hybridized carbons (Fsp3) is 0.636. The molecule has 100 valence electrons. The number of nitrogens with one attached hydrogen (secondary N) is 1. The standard InChI is InChI=1S/C11H15F3N4/c12-11(13,14)9-5-6-16-10(18-9)17-8-3-1-7(15)2-4-8/h5-8H,1-4,15H2,(H,16,17,18). The summed E-state index contributed by atoms with van der Waals surface area (Å²) in [6.45, 7) is 0. The van der Waals surface area contributed by atoms with E-state index in [0.717, 1.165) is 37.9 Å². The van der Waals surface area contributed by atoms with Crippen LogP contribution in [0.2, 0.25) is 0 Å². The summed E-state index contributed by atoms with van der Waals surface area (Å²) in [6.07, 6.45) is 0.0931. The number of nitrogens with zero attached hydrogens (tertiary/aromatic N) is 2. The molecule has 2 rings (SSSR count). The van der Waals surface area contributed by atoms with Crippen LogP contribution in [0.15, 0.2) is 12.3 Å². The Hall–Kier alpha value is -1.37. The highest BCUT2D eigenvalue weighted by molar-refractivity contribution is 5.27. The minimum atomic E-state index is -4.44. The van der Waals surface area contributed by atoms with Gasteiger partial charge in [-0.1, -0.05) is 0 Å². The Morgan fingerprint density at radius 3 is 2.50 bits per heavy atom. The van der Waals surface area contributed by atoms with E-state index in [-0.39, 0.29) is 18.0 Å². The summed E-state index contributed by atoms with van der Waals surface area (Å²) in [5.74, 6) is 0.0327. The molecule has 0 aromatic carbocycles. The van der Waals surface area contributed by atoms with Gasteiger partial charge in [0.25, 0.3) is 0 Å². The molecule has 0 saturated heterocycles. The Morgan fingerprint density at radius 1 is 1.22 bits per heavy atom. The molecular formula is C11H15F3N4.